The first-order valence-corrected chi connectivity index (χ1v) is 7.26. The number of aryl methyl sites for hydroxylation is 1. The molecule has 2 aromatic rings. The highest BCUT2D eigenvalue weighted by molar-refractivity contribution is 5.93. The van der Waals surface area contributed by atoms with Crippen LogP contribution in [0.25, 0.3) is 0 Å². The van der Waals surface area contributed by atoms with E-state index in [2.05, 4.69) is 5.10 Å². The first kappa shape index (κ1) is 14.3. The molecule has 0 fully saturated rings. The molecule has 1 aliphatic rings. The van der Waals surface area contributed by atoms with Crippen LogP contribution in [-0.4, -0.2) is 31.7 Å². The topological polar surface area (TPSA) is 75.4 Å². The fourth-order valence-corrected chi connectivity index (χ4v) is 2.74. The Morgan fingerprint density at radius 3 is 2.73 bits per heavy atom. The summed E-state index contributed by atoms with van der Waals surface area (Å²) in [6.07, 6.45) is 2.54. The van der Waals surface area contributed by atoms with Crippen LogP contribution in [0.15, 0.2) is 30.5 Å². The van der Waals surface area contributed by atoms with Crippen molar-refractivity contribution in [1.82, 2.24) is 14.7 Å². The summed E-state index contributed by atoms with van der Waals surface area (Å²) in [4.78, 5) is 25.4. The average molecular weight is 299 g/mol. The number of benzene rings is 1. The Hall–Kier alpha value is -2.63. The molecule has 0 bridgehead atoms. The van der Waals surface area contributed by atoms with Gasteiger partial charge in [0, 0.05) is 25.8 Å². The van der Waals surface area contributed by atoms with Crippen LogP contribution in [0.5, 0.6) is 0 Å². The van der Waals surface area contributed by atoms with Gasteiger partial charge in [-0.05, 0) is 35.7 Å². The minimum absolute atomic E-state index is 0.0703. The molecule has 0 atom stereocenters. The number of nitrogens with zero attached hydrogens (tertiary/aromatic N) is 3. The molecule has 1 aromatic carbocycles. The van der Waals surface area contributed by atoms with Gasteiger partial charge in [0.2, 0.25) is 0 Å². The Bertz CT molecular complexity index is 736. The van der Waals surface area contributed by atoms with E-state index in [-0.39, 0.29) is 11.5 Å². The molecule has 2 heterocycles. The van der Waals surface area contributed by atoms with Gasteiger partial charge in [-0.25, -0.2) is 4.79 Å². The molecule has 22 heavy (non-hydrogen) atoms. The number of carboxylic acids is 1. The van der Waals surface area contributed by atoms with E-state index in [1.807, 2.05) is 6.92 Å². The lowest BCUT2D eigenvalue weighted by atomic mass is 10.1. The number of aromatic nitrogens is 2. The number of carbonyl (C=O) groups excluding carboxylic acids is 1. The summed E-state index contributed by atoms with van der Waals surface area (Å²) in [5.74, 6) is -1.02. The monoisotopic (exact) mass is 299 g/mol. The minimum Gasteiger partial charge on any atom is -0.478 e. The van der Waals surface area contributed by atoms with Crippen LogP contribution in [0, 0.1) is 0 Å². The summed E-state index contributed by atoms with van der Waals surface area (Å²) in [5.41, 5.74) is 2.73. The molecular weight excluding hydrogens is 282 g/mol. The number of amides is 1. The van der Waals surface area contributed by atoms with Crippen molar-refractivity contribution < 1.29 is 14.7 Å². The normalized spacial score (nSPS) is 13.2. The Labute approximate surface area is 128 Å². The van der Waals surface area contributed by atoms with Crippen molar-refractivity contribution in [3.8, 4) is 0 Å². The third-order valence-electron chi connectivity index (χ3n) is 3.83. The lowest BCUT2D eigenvalue weighted by molar-refractivity contribution is 0.0696. The van der Waals surface area contributed by atoms with Crippen LogP contribution in [0.1, 0.15) is 45.3 Å². The second-order valence-electron chi connectivity index (χ2n) is 5.39. The number of hydrogen-bond donors (Lipinski definition) is 1. The van der Waals surface area contributed by atoms with E-state index in [1.165, 1.54) is 0 Å². The van der Waals surface area contributed by atoms with Crippen molar-refractivity contribution in [3.63, 3.8) is 0 Å². The summed E-state index contributed by atoms with van der Waals surface area (Å²) in [6, 6.07) is 6.74. The molecule has 0 radical (unpaired) electrons. The summed E-state index contributed by atoms with van der Waals surface area (Å²) in [7, 11) is 0. The number of hydrogen-bond acceptors (Lipinski definition) is 3. The van der Waals surface area contributed by atoms with Gasteiger partial charge in [0.1, 0.15) is 5.69 Å². The Kier molecular flexibility index (Phi) is 3.66. The van der Waals surface area contributed by atoms with Crippen LogP contribution in [0.2, 0.25) is 0 Å². The van der Waals surface area contributed by atoms with Crippen molar-refractivity contribution in [1.29, 1.82) is 0 Å². The zero-order valence-corrected chi connectivity index (χ0v) is 12.3. The molecule has 0 saturated heterocycles. The van der Waals surface area contributed by atoms with Gasteiger partial charge in [-0.3, -0.25) is 9.48 Å². The highest BCUT2D eigenvalue weighted by Gasteiger charge is 2.26. The Morgan fingerprint density at radius 2 is 2.00 bits per heavy atom. The average Bonchev–Trinajstić information content (AvgIpc) is 3.12. The number of rotatable bonds is 4. The van der Waals surface area contributed by atoms with Crippen LogP contribution >= 0.6 is 0 Å². The van der Waals surface area contributed by atoms with E-state index in [9.17, 15) is 9.59 Å². The van der Waals surface area contributed by atoms with Gasteiger partial charge in [0.15, 0.2) is 0 Å². The van der Waals surface area contributed by atoms with Crippen LogP contribution in [0.3, 0.4) is 0 Å². The van der Waals surface area contributed by atoms with Crippen molar-refractivity contribution >= 4 is 11.9 Å². The van der Waals surface area contributed by atoms with Gasteiger partial charge in [-0.15, -0.1) is 0 Å². The number of carboxylic acid groups (broad SMARTS) is 1. The Balaban J connectivity index is 1.81. The molecule has 0 aliphatic carbocycles. The molecule has 6 nitrogen and oxygen atoms in total. The minimum atomic E-state index is -0.950. The summed E-state index contributed by atoms with van der Waals surface area (Å²) >= 11 is 0. The lowest BCUT2D eigenvalue weighted by Gasteiger charge is -2.16. The molecule has 1 N–H and O–H groups in total. The highest BCUT2D eigenvalue weighted by Crippen LogP contribution is 2.25. The van der Waals surface area contributed by atoms with Gasteiger partial charge in [-0.1, -0.05) is 13.0 Å². The summed E-state index contributed by atoms with van der Waals surface area (Å²) in [5, 5.41) is 13.2. The molecular formula is C16H17N3O3. The lowest BCUT2D eigenvalue weighted by Crippen LogP contribution is -2.27. The third kappa shape index (κ3) is 2.47. The van der Waals surface area contributed by atoms with E-state index < -0.39 is 5.97 Å². The van der Waals surface area contributed by atoms with Gasteiger partial charge >= 0.3 is 5.97 Å². The van der Waals surface area contributed by atoms with Gasteiger partial charge in [0.25, 0.3) is 5.91 Å². The molecule has 0 saturated carbocycles. The highest BCUT2D eigenvalue weighted by atomic mass is 16.4. The van der Waals surface area contributed by atoms with Gasteiger partial charge in [-0.2, -0.15) is 5.10 Å². The fraction of sp³-hybridized carbons (Fsp3) is 0.312. The van der Waals surface area contributed by atoms with E-state index in [0.717, 1.165) is 17.5 Å². The fourth-order valence-electron chi connectivity index (χ4n) is 2.74. The number of aromatic carboxylic acids is 1. The molecule has 1 aromatic heterocycles. The van der Waals surface area contributed by atoms with E-state index >= 15 is 0 Å². The van der Waals surface area contributed by atoms with Crippen molar-refractivity contribution in [2.75, 3.05) is 0 Å². The van der Waals surface area contributed by atoms with Crippen molar-refractivity contribution in [2.45, 2.75) is 33.0 Å². The largest absolute Gasteiger partial charge is 0.478 e. The smallest absolute Gasteiger partial charge is 0.335 e. The maximum atomic E-state index is 12.6. The van der Waals surface area contributed by atoms with E-state index in [0.29, 0.717) is 25.3 Å². The molecule has 6 heteroatoms. The standard InChI is InChI=1S/C16H17N3O3/c1-2-7-19-14(5-6-17-19)15(20)18-9-12-4-3-11(16(21)22)8-13(12)10-18/h3-6,8H,2,7,9-10H2,1H3,(H,21,22). The Morgan fingerprint density at radius 1 is 1.23 bits per heavy atom. The van der Waals surface area contributed by atoms with E-state index in [4.69, 9.17) is 5.11 Å². The molecule has 1 amide bonds. The number of carbonyl (C=O) groups is 2. The predicted octanol–water partition coefficient (Wildman–Crippen LogP) is 2.15. The molecule has 3 rings (SSSR count). The first-order chi connectivity index (χ1) is 10.6. The summed E-state index contributed by atoms with van der Waals surface area (Å²) in [6.45, 7) is 3.69. The zero-order chi connectivity index (χ0) is 15.7. The summed E-state index contributed by atoms with van der Waals surface area (Å²) < 4.78 is 1.72. The molecule has 0 unspecified atom stereocenters. The van der Waals surface area contributed by atoms with Crippen LogP contribution < -0.4 is 0 Å². The van der Waals surface area contributed by atoms with Gasteiger partial charge < -0.3 is 10.0 Å². The molecule has 114 valence electrons. The quantitative estimate of drug-likeness (QED) is 0.938. The molecule has 0 spiro atoms. The van der Waals surface area contributed by atoms with Crippen LogP contribution in [-0.2, 0) is 19.6 Å². The molecule has 1 aliphatic heterocycles. The predicted molar refractivity (Wildman–Crippen MR) is 79.5 cm³/mol. The van der Waals surface area contributed by atoms with Crippen molar-refractivity contribution in [2.24, 2.45) is 0 Å². The second-order valence-corrected chi connectivity index (χ2v) is 5.39. The maximum Gasteiger partial charge on any atom is 0.335 e. The SMILES string of the molecule is CCCn1nccc1C(=O)N1Cc2ccc(C(=O)O)cc2C1. The van der Waals surface area contributed by atoms with Crippen LogP contribution in [0.4, 0.5) is 0 Å². The van der Waals surface area contributed by atoms with E-state index in [1.54, 1.807) is 40.0 Å². The maximum absolute atomic E-state index is 12.6. The third-order valence-corrected chi connectivity index (χ3v) is 3.83. The van der Waals surface area contributed by atoms with Gasteiger partial charge in [0.05, 0.1) is 5.56 Å². The number of fused-ring (bicyclic) bond motifs is 1. The second kappa shape index (κ2) is 5.63. The zero-order valence-electron chi connectivity index (χ0n) is 12.3. The first-order valence-electron chi connectivity index (χ1n) is 7.26. The van der Waals surface area contributed by atoms with Crippen molar-refractivity contribution in [3.05, 3.63) is 52.8 Å².